The summed E-state index contributed by atoms with van der Waals surface area (Å²) in [5.41, 5.74) is 3.48. The number of amides is 5. The third-order valence-corrected chi connectivity index (χ3v) is 6.28. The molecule has 0 aromatic heterocycles. The van der Waals surface area contributed by atoms with Crippen LogP contribution in [0.25, 0.3) is 0 Å². The monoisotopic (exact) mass is 434 g/mol. The molecule has 3 heterocycles. The number of piperidine rings is 1. The number of para-hydroxylation sites is 1. The predicted molar refractivity (Wildman–Crippen MR) is 115 cm³/mol. The van der Waals surface area contributed by atoms with Gasteiger partial charge in [0.15, 0.2) is 0 Å². The lowest BCUT2D eigenvalue weighted by Crippen LogP contribution is -2.52. The maximum Gasteiger partial charge on any atom is 0.326 e. The van der Waals surface area contributed by atoms with Crippen molar-refractivity contribution < 1.29 is 24.3 Å². The van der Waals surface area contributed by atoms with E-state index < -0.39 is 11.9 Å². The van der Waals surface area contributed by atoms with Crippen molar-refractivity contribution in [2.24, 2.45) is 0 Å². The quantitative estimate of drug-likeness (QED) is 0.631. The zero-order chi connectivity index (χ0) is 22.4. The van der Waals surface area contributed by atoms with Gasteiger partial charge in [0.05, 0.1) is 12.6 Å². The molecule has 3 aliphatic heterocycles. The number of urea groups is 1. The lowest BCUT2D eigenvalue weighted by atomic mass is 10.0. The molecule has 9 heteroatoms. The summed E-state index contributed by atoms with van der Waals surface area (Å²) in [5, 5.41) is 14.9. The van der Waals surface area contributed by atoms with Crippen molar-refractivity contribution in [1.82, 2.24) is 10.2 Å². The number of carbonyl (C=O) groups excluding carboxylic acids is 4. The number of rotatable bonds is 3. The second-order valence-electron chi connectivity index (χ2n) is 8.24. The van der Waals surface area contributed by atoms with Crippen molar-refractivity contribution in [1.29, 1.82) is 0 Å². The summed E-state index contributed by atoms with van der Waals surface area (Å²) in [6.07, 6.45) is 1.08. The molecule has 3 N–H and O–H groups in total. The summed E-state index contributed by atoms with van der Waals surface area (Å²) in [5.74, 6) is -1.05. The molecule has 1 saturated heterocycles. The summed E-state index contributed by atoms with van der Waals surface area (Å²) in [6.45, 7) is 0.0810. The maximum atomic E-state index is 13.0. The van der Waals surface area contributed by atoms with Crippen LogP contribution in [-0.4, -0.2) is 52.4 Å². The number of imide groups is 1. The summed E-state index contributed by atoms with van der Waals surface area (Å²) in [7, 11) is 0. The smallest absolute Gasteiger partial charge is 0.326 e. The third-order valence-electron chi connectivity index (χ3n) is 6.28. The highest BCUT2D eigenvalue weighted by molar-refractivity contribution is 6.07. The summed E-state index contributed by atoms with van der Waals surface area (Å²) in [6, 6.07) is 11.2. The van der Waals surface area contributed by atoms with Crippen molar-refractivity contribution in [2.45, 2.75) is 37.9 Å². The predicted octanol–water partition coefficient (Wildman–Crippen LogP) is 1.40. The van der Waals surface area contributed by atoms with E-state index >= 15 is 0 Å². The standard InChI is InChI=1S/C23H22N4O5/c28-12-16-10-13-3-1-2-4-18(13)27(16)23(32)24-15-5-6-17-14(9-15)11-26(22(17)31)19-7-8-20(29)25-21(19)30/h1-6,9,16,19,28H,7-8,10-12H2,(H,24,32)(H,25,29,30)/t16-,19?/m1/s1. The Hall–Kier alpha value is -3.72. The molecule has 2 aromatic rings. The molecule has 2 aromatic carbocycles. The largest absolute Gasteiger partial charge is 0.394 e. The molecule has 0 aliphatic carbocycles. The summed E-state index contributed by atoms with van der Waals surface area (Å²) in [4.78, 5) is 52.5. The van der Waals surface area contributed by atoms with Crippen LogP contribution in [0.3, 0.4) is 0 Å². The van der Waals surface area contributed by atoms with Gasteiger partial charge in [-0.1, -0.05) is 18.2 Å². The Kier molecular flexibility index (Phi) is 4.90. The molecule has 1 fully saturated rings. The van der Waals surface area contributed by atoms with Gasteiger partial charge in [0.2, 0.25) is 11.8 Å². The minimum atomic E-state index is -0.683. The molecular formula is C23H22N4O5. The van der Waals surface area contributed by atoms with Crippen molar-refractivity contribution in [3.63, 3.8) is 0 Å². The van der Waals surface area contributed by atoms with E-state index in [4.69, 9.17) is 0 Å². The molecule has 0 bridgehead atoms. The van der Waals surface area contributed by atoms with Gasteiger partial charge >= 0.3 is 6.03 Å². The van der Waals surface area contributed by atoms with Gasteiger partial charge < -0.3 is 15.3 Å². The summed E-state index contributed by atoms with van der Waals surface area (Å²) < 4.78 is 0. The van der Waals surface area contributed by atoms with E-state index in [9.17, 15) is 24.3 Å². The number of aliphatic hydroxyl groups excluding tert-OH is 1. The number of fused-ring (bicyclic) bond motifs is 2. The van der Waals surface area contributed by atoms with E-state index in [2.05, 4.69) is 10.6 Å². The Bertz CT molecular complexity index is 1150. The number of hydrogen-bond acceptors (Lipinski definition) is 5. The molecule has 9 nitrogen and oxygen atoms in total. The first-order chi connectivity index (χ1) is 15.5. The topological polar surface area (TPSA) is 119 Å². The van der Waals surface area contributed by atoms with E-state index in [-0.39, 0.29) is 43.5 Å². The highest BCUT2D eigenvalue weighted by Crippen LogP contribution is 2.33. The molecular weight excluding hydrogens is 412 g/mol. The summed E-state index contributed by atoms with van der Waals surface area (Å²) >= 11 is 0. The molecule has 2 atom stereocenters. The van der Waals surface area contributed by atoms with Crippen LogP contribution in [0.4, 0.5) is 16.2 Å². The average molecular weight is 434 g/mol. The van der Waals surface area contributed by atoms with E-state index in [1.807, 2.05) is 24.3 Å². The minimum Gasteiger partial charge on any atom is -0.394 e. The fraction of sp³-hybridized carbons (Fsp3) is 0.304. The molecule has 0 saturated carbocycles. The average Bonchev–Trinajstić information content (AvgIpc) is 3.31. The van der Waals surface area contributed by atoms with Gasteiger partial charge in [0, 0.05) is 29.9 Å². The third kappa shape index (κ3) is 3.31. The minimum absolute atomic E-state index is 0.151. The van der Waals surface area contributed by atoms with Crippen molar-refractivity contribution in [2.75, 3.05) is 16.8 Å². The van der Waals surface area contributed by atoms with E-state index in [1.165, 1.54) is 4.90 Å². The van der Waals surface area contributed by atoms with E-state index in [1.54, 1.807) is 23.1 Å². The zero-order valence-electron chi connectivity index (χ0n) is 17.2. The molecule has 5 rings (SSSR count). The first-order valence-corrected chi connectivity index (χ1v) is 10.5. The van der Waals surface area contributed by atoms with E-state index in [0.717, 1.165) is 11.3 Å². The normalized spacial score (nSPS) is 22.0. The van der Waals surface area contributed by atoms with Crippen LogP contribution in [0.1, 0.15) is 34.3 Å². The van der Waals surface area contributed by atoms with Crippen LogP contribution in [0.15, 0.2) is 42.5 Å². The fourth-order valence-corrected chi connectivity index (χ4v) is 4.72. The second-order valence-corrected chi connectivity index (χ2v) is 8.24. The van der Waals surface area contributed by atoms with Gasteiger partial charge in [-0.15, -0.1) is 0 Å². The number of aliphatic hydroxyl groups is 1. The highest BCUT2D eigenvalue weighted by Gasteiger charge is 2.39. The number of hydrogen-bond donors (Lipinski definition) is 3. The highest BCUT2D eigenvalue weighted by atomic mass is 16.3. The number of nitrogens with zero attached hydrogens (tertiary/aromatic N) is 2. The Morgan fingerprint density at radius 2 is 1.94 bits per heavy atom. The maximum absolute atomic E-state index is 13.0. The SMILES string of the molecule is O=C1CCC(N2Cc3cc(NC(=O)N4c5ccccc5C[C@@H]4CO)ccc3C2=O)C(=O)N1. The number of carbonyl (C=O) groups is 4. The van der Waals surface area contributed by atoms with Gasteiger partial charge in [-0.3, -0.25) is 24.6 Å². The molecule has 0 radical (unpaired) electrons. The number of anilines is 2. The van der Waals surface area contributed by atoms with Crippen LogP contribution < -0.4 is 15.5 Å². The molecule has 5 amide bonds. The Balaban J connectivity index is 1.34. The van der Waals surface area contributed by atoms with Gasteiger partial charge in [0.25, 0.3) is 5.91 Å². The van der Waals surface area contributed by atoms with Crippen molar-refractivity contribution >= 4 is 35.1 Å². The number of benzene rings is 2. The Morgan fingerprint density at radius 1 is 1.12 bits per heavy atom. The van der Waals surface area contributed by atoms with Gasteiger partial charge in [-0.25, -0.2) is 4.79 Å². The first-order valence-electron chi connectivity index (χ1n) is 10.5. The molecule has 164 valence electrons. The molecule has 3 aliphatic rings. The van der Waals surface area contributed by atoms with Crippen molar-refractivity contribution in [3.8, 4) is 0 Å². The van der Waals surface area contributed by atoms with Crippen LogP contribution >= 0.6 is 0 Å². The molecule has 1 unspecified atom stereocenters. The van der Waals surface area contributed by atoms with Crippen LogP contribution in [-0.2, 0) is 22.6 Å². The van der Waals surface area contributed by atoms with Crippen LogP contribution in [0.2, 0.25) is 0 Å². The molecule has 0 spiro atoms. The molecule has 32 heavy (non-hydrogen) atoms. The Labute approximate surface area is 184 Å². The Morgan fingerprint density at radius 3 is 2.72 bits per heavy atom. The lowest BCUT2D eigenvalue weighted by molar-refractivity contribution is -0.136. The second kappa shape index (κ2) is 7.76. The lowest BCUT2D eigenvalue weighted by Gasteiger charge is -2.29. The zero-order valence-corrected chi connectivity index (χ0v) is 17.2. The first kappa shape index (κ1) is 20.2. The van der Waals surface area contributed by atoms with Crippen LogP contribution in [0, 0.1) is 0 Å². The van der Waals surface area contributed by atoms with Crippen molar-refractivity contribution in [3.05, 3.63) is 59.2 Å². The fourth-order valence-electron chi connectivity index (χ4n) is 4.72. The number of nitrogens with one attached hydrogen (secondary N) is 2. The van der Waals surface area contributed by atoms with Gasteiger partial charge in [0.1, 0.15) is 6.04 Å². The van der Waals surface area contributed by atoms with Crippen LogP contribution in [0.5, 0.6) is 0 Å². The van der Waals surface area contributed by atoms with Gasteiger partial charge in [-0.2, -0.15) is 0 Å². The van der Waals surface area contributed by atoms with Gasteiger partial charge in [-0.05, 0) is 48.2 Å². The van der Waals surface area contributed by atoms with E-state index in [0.29, 0.717) is 29.7 Å².